The molecule has 3 aromatic carbocycles. The molecule has 43 heavy (non-hydrogen) atoms. The fourth-order valence-corrected chi connectivity index (χ4v) is 4.29. The molecular formula is C29H34N6O7S. The SMILES string of the molecule is O=C(NN=Cc1ccc(N2CCOCC2)cc1)c1ccc(NN=Cc2ccc(N3CCOCC3)cc2)cc1.O=S(=O)(O)O. The van der Waals surface area contributed by atoms with Crippen molar-refractivity contribution in [2.45, 2.75) is 0 Å². The van der Waals surface area contributed by atoms with E-state index in [2.05, 4.69) is 55.1 Å². The lowest BCUT2D eigenvalue weighted by Gasteiger charge is -2.28. The molecule has 228 valence electrons. The molecule has 5 rings (SSSR count). The number of benzene rings is 3. The van der Waals surface area contributed by atoms with E-state index in [9.17, 15) is 4.79 Å². The lowest BCUT2D eigenvalue weighted by molar-refractivity contribution is 0.0955. The van der Waals surface area contributed by atoms with Crippen LogP contribution in [0.25, 0.3) is 0 Å². The Hall–Kier alpha value is -4.34. The highest BCUT2D eigenvalue weighted by Gasteiger charge is 2.11. The van der Waals surface area contributed by atoms with Gasteiger partial charge in [0.2, 0.25) is 0 Å². The first-order valence-corrected chi connectivity index (χ1v) is 14.9. The molecule has 0 atom stereocenters. The lowest BCUT2D eigenvalue weighted by atomic mass is 10.2. The molecule has 2 heterocycles. The quantitative estimate of drug-likeness (QED) is 0.169. The predicted molar refractivity (Wildman–Crippen MR) is 166 cm³/mol. The first-order chi connectivity index (χ1) is 20.7. The Morgan fingerprint density at radius 1 is 0.698 bits per heavy atom. The summed E-state index contributed by atoms with van der Waals surface area (Å²) >= 11 is 0. The number of nitrogens with one attached hydrogen (secondary N) is 2. The Kier molecular flexibility index (Phi) is 11.6. The second-order valence-electron chi connectivity index (χ2n) is 9.48. The second kappa shape index (κ2) is 15.8. The number of carbonyl (C=O) groups excluding carboxylic acids is 1. The Morgan fingerprint density at radius 2 is 1.12 bits per heavy atom. The summed E-state index contributed by atoms with van der Waals surface area (Å²) in [7, 11) is -4.67. The van der Waals surface area contributed by atoms with E-state index in [1.165, 1.54) is 5.69 Å². The van der Waals surface area contributed by atoms with Gasteiger partial charge in [-0.2, -0.15) is 18.6 Å². The van der Waals surface area contributed by atoms with Gasteiger partial charge in [0.15, 0.2) is 0 Å². The highest BCUT2D eigenvalue weighted by molar-refractivity contribution is 7.79. The Labute approximate surface area is 250 Å². The monoisotopic (exact) mass is 610 g/mol. The van der Waals surface area contributed by atoms with E-state index >= 15 is 0 Å². The van der Waals surface area contributed by atoms with E-state index in [0.717, 1.165) is 75.1 Å². The number of rotatable bonds is 8. The molecule has 2 aliphatic rings. The number of amides is 1. The minimum Gasteiger partial charge on any atom is -0.378 e. The first kappa shape index (κ1) is 31.6. The molecule has 0 aliphatic carbocycles. The van der Waals surface area contributed by atoms with Gasteiger partial charge in [0.05, 0.1) is 44.5 Å². The number of ether oxygens (including phenoxy) is 2. The molecule has 14 heteroatoms. The highest BCUT2D eigenvalue weighted by Crippen LogP contribution is 2.17. The van der Waals surface area contributed by atoms with Gasteiger partial charge in [-0.3, -0.25) is 19.3 Å². The Morgan fingerprint density at radius 3 is 1.56 bits per heavy atom. The average molecular weight is 611 g/mol. The van der Waals surface area contributed by atoms with Crippen molar-refractivity contribution in [1.82, 2.24) is 5.43 Å². The van der Waals surface area contributed by atoms with Gasteiger partial charge in [0.25, 0.3) is 5.91 Å². The smallest absolute Gasteiger partial charge is 0.378 e. The molecule has 0 spiro atoms. The molecule has 2 aliphatic heterocycles. The van der Waals surface area contributed by atoms with Crippen molar-refractivity contribution in [3.8, 4) is 0 Å². The van der Waals surface area contributed by atoms with Crippen molar-refractivity contribution < 1.29 is 31.8 Å². The Balaban J connectivity index is 0.000000782. The summed E-state index contributed by atoms with van der Waals surface area (Å²) < 4.78 is 42.4. The van der Waals surface area contributed by atoms with Crippen molar-refractivity contribution in [2.75, 3.05) is 67.8 Å². The molecule has 2 saturated heterocycles. The number of hydrazone groups is 2. The van der Waals surface area contributed by atoms with Gasteiger partial charge in [-0.05, 0) is 59.7 Å². The average Bonchev–Trinajstić information content (AvgIpc) is 3.02. The van der Waals surface area contributed by atoms with Gasteiger partial charge in [-0.25, -0.2) is 5.43 Å². The number of hydrogen-bond donors (Lipinski definition) is 4. The Bertz CT molecular complexity index is 1460. The van der Waals surface area contributed by atoms with Crippen LogP contribution in [0.15, 0.2) is 83.0 Å². The van der Waals surface area contributed by atoms with Crippen LogP contribution in [0, 0.1) is 0 Å². The largest absolute Gasteiger partial charge is 0.394 e. The maximum atomic E-state index is 12.4. The minimum atomic E-state index is -4.67. The van der Waals surface area contributed by atoms with Gasteiger partial charge in [0.1, 0.15) is 0 Å². The summed E-state index contributed by atoms with van der Waals surface area (Å²) in [4.78, 5) is 17.1. The van der Waals surface area contributed by atoms with Crippen LogP contribution in [0.2, 0.25) is 0 Å². The van der Waals surface area contributed by atoms with Crippen molar-refractivity contribution in [2.24, 2.45) is 10.2 Å². The number of morpholine rings is 2. The van der Waals surface area contributed by atoms with Crippen molar-refractivity contribution >= 4 is 45.8 Å². The molecule has 0 unspecified atom stereocenters. The summed E-state index contributed by atoms with van der Waals surface area (Å²) in [6.07, 6.45) is 3.41. The summed E-state index contributed by atoms with van der Waals surface area (Å²) in [5, 5.41) is 8.40. The normalized spacial score (nSPS) is 15.7. The standard InChI is InChI=1S/C29H32N6O3.H2O4S/c36-29(33-31-22-24-3-11-28(12-4-24)35-15-19-38-20-16-35)25-5-7-26(8-6-25)32-30-21-23-1-9-27(10-2-23)34-13-17-37-18-14-34;1-5(2,3)4/h1-12,21-22,32H,13-20H2,(H,33,36);(H2,1,2,3,4). The van der Waals surface area contributed by atoms with Gasteiger partial charge in [-0.15, -0.1) is 0 Å². The molecule has 2 fully saturated rings. The van der Waals surface area contributed by atoms with Crippen LogP contribution in [0.3, 0.4) is 0 Å². The highest BCUT2D eigenvalue weighted by atomic mass is 32.3. The van der Waals surface area contributed by atoms with Crippen molar-refractivity contribution in [3.05, 3.63) is 89.5 Å². The van der Waals surface area contributed by atoms with Crippen LogP contribution >= 0.6 is 0 Å². The van der Waals surface area contributed by atoms with Crippen LogP contribution in [0.5, 0.6) is 0 Å². The molecule has 0 saturated carbocycles. The maximum absolute atomic E-state index is 12.4. The predicted octanol–water partition coefficient (Wildman–Crippen LogP) is 2.92. The topological polar surface area (TPSA) is 165 Å². The number of nitrogens with zero attached hydrogens (tertiary/aromatic N) is 4. The molecule has 0 aromatic heterocycles. The van der Waals surface area contributed by atoms with E-state index in [0.29, 0.717) is 5.56 Å². The second-order valence-corrected chi connectivity index (χ2v) is 10.4. The fraction of sp³-hybridized carbons (Fsp3) is 0.276. The van der Waals surface area contributed by atoms with Crippen LogP contribution in [0.1, 0.15) is 21.5 Å². The van der Waals surface area contributed by atoms with Crippen LogP contribution < -0.4 is 20.7 Å². The van der Waals surface area contributed by atoms with E-state index in [1.54, 1.807) is 24.6 Å². The summed E-state index contributed by atoms with van der Waals surface area (Å²) in [5.41, 5.74) is 11.1. The summed E-state index contributed by atoms with van der Waals surface area (Å²) in [5.74, 6) is -0.276. The zero-order chi connectivity index (χ0) is 30.5. The number of carbonyl (C=O) groups is 1. The third-order valence-electron chi connectivity index (χ3n) is 6.47. The van der Waals surface area contributed by atoms with Crippen LogP contribution in [0.4, 0.5) is 17.1 Å². The van der Waals surface area contributed by atoms with E-state index in [1.807, 2.05) is 36.4 Å². The molecule has 3 aromatic rings. The van der Waals surface area contributed by atoms with Gasteiger partial charge in [-0.1, -0.05) is 24.3 Å². The van der Waals surface area contributed by atoms with E-state index in [-0.39, 0.29) is 5.91 Å². The van der Waals surface area contributed by atoms with Gasteiger partial charge >= 0.3 is 10.4 Å². The zero-order valence-electron chi connectivity index (χ0n) is 23.4. The summed E-state index contributed by atoms with van der Waals surface area (Å²) in [6.45, 7) is 6.67. The zero-order valence-corrected chi connectivity index (χ0v) is 24.2. The summed E-state index contributed by atoms with van der Waals surface area (Å²) in [6, 6.07) is 23.5. The number of hydrogen-bond acceptors (Lipinski definition) is 10. The van der Waals surface area contributed by atoms with Gasteiger partial charge < -0.3 is 19.3 Å². The minimum absolute atomic E-state index is 0.276. The lowest BCUT2D eigenvalue weighted by Crippen LogP contribution is -2.36. The van der Waals surface area contributed by atoms with Gasteiger partial charge in [0, 0.05) is 43.1 Å². The van der Waals surface area contributed by atoms with Crippen LogP contribution in [-0.2, 0) is 19.9 Å². The molecule has 1 amide bonds. The van der Waals surface area contributed by atoms with Crippen molar-refractivity contribution in [1.29, 1.82) is 0 Å². The fourth-order valence-electron chi connectivity index (χ4n) is 4.29. The van der Waals surface area contributed by atoms with E-state index in [4.69, 9.17) is 27.0 Å². The molecular weight excluding hydrogens is 576 g/mol. The molecule has 13 nitrogen and oxygen atoms in total. The molecule has 0 bridgehead atoms. The molecule has 4 N–H and O–H groups in total. The third-order valence-corrected chi connectivity index (χ3v) is 6.47. The van der Waals surface area contributed by atoms with Crippen molar-refractivity contribution in [3.63, 3.8) is 0 Å². The maximum Gasteiger partial charge on any atom is 0.394 e. The molecule has 0 radical (unpaired) electrons. The first-order valence-electron chi connectivity index (χ1n) is 13.5. The van der Waals surface area contributed by atoms with E-state index < -0.39 is 10.4 Å². The van der Waals surface area contributed by atoms with Crippen LogP contribution in [-0.4, -0.2) is 88.5 Å². The number of anilines is 3. The third kappa shape index (κ3) is 11.1.